The van der Waals surface area contributed by atoms with E-state index < -0.39 is 0 Å². The number of carbonyl (C=O) groups excluding carboxylic acids is 1. The number of hydrogen-bond donors (Lipinski definition) is 2. The quantitative estimate of drug-likeness (QED) is 0.843. The summed E-state index contributed by atoms with van der Waals surface area (Å²) in [4.78, 5) is 14.9. The predicted molar refractivity (Wildman–Crippen MR) is 65.0 cm³/mol. The van der Waals surface area contributed by atoms with E-state index in [4.69, 9.17) is 4.74 Å². The largest absolute Gasteiger partial charge is 0.496 e. The SMILES string of the molecule is COc1ccccc1C(=O)NCc1ccc[nH]1. The number of H-pyrrole nitrogens is 1. The summed E-state index contributed by atoms with van der Waals surface area (Å²) < 4.78 is 5.13. The van der Waals surface area contributed by atoms with Crippen molar-refractivity contribution in [1.29, 1.82) is 0 Å². The normalized spacial score (nSPS) is 9.94. The van der Waals surface area contributed by atoms with Crippen molar-refractivity contribution in [1.82, 2.24) is 10.3 Å². The summed E-state index contributed by atoms with van der Waals surface area (Å²) in [6, 6.07) is 11.0. The van der Waals surface area contributed by atoms with Crippen LogP contribution in [0.5, 0.6) is 5.75 Å². The lowest BCUT2D eigenvalue weighted by molar-refractivity contribution is 0.0947. The van der Waals surface area contributed by atoms with Gasteiger partial charge in [-0.25, -0.2) is 0 Å². The molecule has 0 saturated heterocycles. The van der Waals surface area contributed by atoms with Crippen LogP contribution in [-0.2, 0) is 6.54 Å². The third-order valence-electron chi connectivity index (χ3n) is 2.45. The first-order chi connectivity index (χ1) is 8.31. The molecule has 17 heavy (non-hydrogen) atoms. The number of rotatable bonds is 4. The molecule has 1 heterocycles. The van der Waals surface area contributed by atoms with E-state index in [2.05, 4.69) is 10.3 Å². The number of carbonyl (C=O) groups is 1. The number of amides is 1. The molecule has 2 aromatic rings. The molecule has 2 rings (SSSR count). The summed E-state index contributed by atoms with van der Waals surface area (Å²) in [7, 11) is 1.55. The Hall–Kier alpha value is -2.23. The zero-order valence-electron chi connectivity index (χ0n) is 9.57. The maximum absolute atomic E-state index is 11.9. The lowest BCUT2D eigenvalue weighted by atomic mass is 10.2. The second kappa shape index (κ2) is 5.21. The molecule has 1 amide bonds. The van der Waals surface area contributed by atoms with Crippen molar-refractivity contribution in [2.45, 2.75) is 6.54 Å². The summed E-state index contributed by atoms with van der Waals surface area (Å²) in [5.41, 5.74) is 1.51. The summed E-state index contributed by atoms with van der Waals surface area (Å²) in [5, 5.41) is 2.83. The predicted octanol–water partition coefficient (Wildman–Crippen LogP) is 1.95. The Labute approximate surface area is 99.6 Å². The van der Waals surface area contributed by atoms with E-state index in [-0.39, 0.29) is 5.91 Å². The van der Waals surface area contributed by atoms with E-state index in [1.54, 1.807) is 19.2 Å². The third kappa shape index (κ3) is 2.66. The van der Waals surface area contributed by atoms with Crippen LogP contribution in [0, 0.1) is 0 Å². The molecule has 0 radical (unpaired) electrons. The van der Waals surface area contributed by atoms with Crippen molar-refractivity contribution in [2.24, 2.45) is 0 Å². The first-order valence-electron chi connectivity index (χ1n) is 5.34. The Morgan fingerprint density at radius 1 is 1.29 bits per heavy atom. The third-order valence-corrected chi connectivity index (χ3v) is 2.45. The molecular formula is C13H14N2O2. The van der Waals surface area contributed by atoms with Gasteiger partial charge >= 0.3 is 0 Å². The number of ether oxygens (including phenoxy) is 1. The zero-order chi connectivity index (χ0) is 12.1. The van der Waals surface area contributed by atoms with Crippen LogP contribution in [-0.4, -0.2) is 18.0 Å². The zero-order valence-corrected chi connectivity index (χ0v) is 9.57. The Kier molecular flexibility index (Phi) is 3.45. The molecule has 0 fully saturated rings. The van der Waals surface area contributed by atoms with E-state index in [1.807, 2.05) is 30.5 Å². The molecule has 88 valence electrons. The van der Waals surface area contributed by atoms with Crippen LogP contribution in [0.25, 0.3) is 0 Å². The fourth-order valence-electron chi connectivity index (χ4n) is 1.58. The van der Waals surface area contributed by atoms with E-state index >= 15 is 0 Å². The van der Waals surface area contributed by atoms with Gasteiger partial charge in [-0.3, -0.25) is 4.79 Å². The highest BCUT2D eigenvalue weighted by Crippen LogP contribution is 2.16. The summed E-state index contributed by atoms with van der Waals surface area (Å²) in [6.07, 6.45) is 1.82. The van der Waals surface area contributed by atoms with Gasteiger partial charge in [-0.15, -0.1) is 0 Å². The van der Waals surface area contributed by atoms with E-state index in [1.165, 1.54) is 0 Å². The van der Waals surface area contributed by atoms with Gasteiger partial charge in [0.2, 0.25) is 0 Å². The molecular weight excluding hydrogens is 216 g/mol. The summed E-state index contributed by atoms with van der Waals surface area (Å²) in [6.45, 7) is 0.476. The number of aromatic nitrogens is 1. The maximum atomic E-state index is 11.9. The Morgan fingerprint density at radius 3 is 2.82 bits per heavy atom. The standard InChI is InChI=1S/C13H14N2O2/c1-17-12-7-3-2-6-11(12)13(16)15-9-10-5-4-8-14-10/h2-8,14H,9H2,1H3,(H,15,16). The van der Waals surface area contributed by atoms with Gasteiger partial charge in [-0.05, 0) is 24.3 Å². The highest BCUT2D eigenvalue weighted by Gasteiger charge is 2.10. The number of methoxy groups -OCH3 is 1. The number of hydrogen-bond acceptors (Lipinski definition) is 2. The van der Waals surface area contributed by atoms with Crippen LogP contribution in [0.1, 0.15) is 16.1 Å². The van der Waals surface area contributed by atoms with Gasteiger partial charge in [0.15, 0.2) is 0 Å². The second-order valence-electron chi connectivity index (χ2n) is 3.58. The Morgan fingerprint density at radius 2 is 2.12 bits per heavy atom. The minimum absolute atomic E-state index is 0.142. The molecule has 0 unspecified atom stereocenters. The van der Waals surface area contributed by atoms with E-state index in [0.29, 0.717) is 17.9 Å². The molecule has 0 aliphatic carbocycles. The van der Waals surface area contributed by atoms with Gasteiger partial charge in [0.25, 0.3) is 5.91 Å². The second-order valence-corrected chi connectivity index (χ2v) is 3.58. The molecule has 0 saturated carbocycles. The molecule has 0 aliphatic rings. The van der Waals surface area contributed by atoms with Gasteiger partial charge < -0.3 is 15.0 Å². The number of nitrogens with one attached hydrogen (secondary N) is 2. The average Bonchev–Trinajstić information content (AvgIpc) is 2.89. The number of para-hydroxylation sites is 1. The van der Waals surface area contributed by atoms with E-state index in [0.717, 1.165) is 5.69 Å². The summed E-state index contributed by atoms with van der Waals surface area (Å²) in [5.74, 6) is 0.438. The van der Waals surface area contributed by atoms with Gasteiger partial charge in [0, 0.05) is 11.9 Å². The highest BCUT2D eigenvalue weighted by molar-refractivity contribution is 5.96. The molecule has 0 aliphatic heterocycles. The van der Waals surface area contributed by atoms with Crippen molar-refractivity contribution >= 4 is 5.91 Å². The van der Waals surface area contributed by atoms with Gasteiger partial charge in [0.1, 0.15) is 5.75 Å². The Bertz CT molecular complexity index is 492. The maximum Gasteiger partial charge on any atom is 0.255 e. The van der Waals surface area contributed by atoms with Gasteiger partial charge in [-0.2, -0.15) is 0 Å². The molecule has 0 bridgehead atoms. The monoisotopic (exact) mass is 230 g/mol. The Balaban J connectivity index is 2.04. The van der Waals surface area contributed by atoms with Crippen molar-refractivity contribution in [3.63, 3.8) is 0 Å². The van der Waals surface area contributed by atoms with Crippen LogP contribution in [0.15, 0.2) is 42.6 Å². The average molecular weight is 230 g/mol. The molecule has 1 aromatic heterocycles. The minimum atomic E-state index is -0.142. The van der Waals surface area contributed by atoms with Gasteiger partial charge in [-0.1, -0.05) is 12.1 Å². The smallest absolute Gasteiger partial charge is 0.255 e. The molecule has 2 N–H and O–H groups in total. The highest BCUT2D eigenvalue weighted by atomic mass is 16.5. The van der Waals surface area contributed by atoms with Crippen LogP contribution in [0.4, 0.5) is 0 Å². The summed E-state index contributed by atoms with van der Waals surface area (Å²) >= 11 is 0. The van der Waals surface area contributed by atoms with Crippen LogP contribution in [0.3, 0.4) is 0 Å². The topological polar surface area (TPSA) is 54.1 Å². The number of benzene rings is 1. The molecule has 4 nitrogen and oxygen atoms in total. The first-order valence-corrected chi connectivity index (χ1v) is 5.34. The minimum Gasteiger partial charge on any atom is -0.496 e. The van der Waals surface area contributed by atoms with Gasteiger partial charge in [0.05, 0.1) is 19.2 Å². The molecule has 0 spiro atoms. The number of aromatic amines is 1. The van der Waals surface area contributed by atoms with Crippen molar-refractivity contribution < 1.29 is 9.53 Å². The lowest BCUT2D eigenvalue weighted by Crippen LogP contribution is -2.23. The molecule has 4 heteroatoms. The van der Waals surface area contributed by atoms with Crippen LogP contribution >= 0.6 is 0 Å². The fraction of sp³-hybridized carbons (Fsp3) is 0.154. The fourth-order valence-corrected chi connectivity index (χ4v) is 1.58. The van der Waals surface area contributed by atoms with Crippen LogP contribution < -0.4 is 10.1 Å². The molecule has 0 atom stereocenters. The van der Waals surface area contributed by atoms with Crippen LogP contribution in [0.2, 0.25) is 0 Å². The first kappa shape index (κ1) is 11.3. The van der Waals surface area contributed by atoms with Crippen molar-refractivity contribution in [3.05, 3.63) is 53.9 Å². The van der Waals surface area contributed by atoms with E-state index in [9.17, 15) is 4.79 Å². The lowest BCUT2D eigenvalue weighted by Gasteiger charge is -2.08. The molecule has 1 aromatic carbocycles. The van der Waals surface area contributed by atoms with Crippen molar-refractivity contribution in [2.75, 3.05) is 7.11 Å². The van der Waals surface area contributed by atoms with Crippen molar-refractivity contribution in [3.8, 4) is 5.75 Å².